The molecule has 0 spiro atoms. The molecule has 2 amide bonds. The summed E-state index contributed by atoms with van der Waals surface area (Å²) in [6.45, 7) is 9.38. The number of ether oxygens (including phenoxy) is 1. The Labute approximate surface area is 126 Å². The maximum absolute atomic E-state index is 11.9. The third kappa shape index (κ3) is 5.02. The number of aryl methyl sites for hydroxylation is 1. The van der Waals surface area contributed by atoms with Gasteiger partial charge in [-0.15, -0.1) is 0 Å². The Morgan fingerprint density at radius 2 is 2.05 bits per heavy atom. The van der Waals surface area contributed by atoms with Gasteiger partial charge >= 0.3 is 6.03 Å². The van der Waals surface area contributed by atoms with E-state index in [0.29, 0.717) is 6.54 Å². The van der Waals surface area contributed by atoms with Gasteiger partial charge in [-0.3, -0.25) is 4.90 Å². The van der Waals surface area contributed by atoms with Gasteiger partial charge < -0.3 is 15.4 Å². The number of anilines is 1. The average Bonchev–Trinajstić information content (AvgIpc) is 2.49. The molecule has 0 aromatic heterocycles. The highest BCUT2D eigenvalue weighted by atomic mass is 16.5. The standard InChI is InChI=1S/C16H25N3O2/c1-13-5-3-6-15(14(13)2)18-16(20)17-7-4-8-19-9-11-21-12-10-19/h3,5-6H,4,7-12H2,1-2H3,(H2,17,18,20). The van der Waals surface area contributed by atoms with Crippen molar-refractivity contribution < 1.29 is 9.53 Å². The van der Waals surface area contributed by atoms with Crippen molar-refractivity contribution in [2.24, 2.45) is 0 Å². The van der Waals surface area contributed by atoms with Crippen LogP contribution in [0.4, 0.5) is 10.5 Å². The maximum atomic E-state index is 11.9. The molecule has 1 heterocycles. The molecule has 1 aliphatic rings. The molecule has 0 radical (unpaired) electrons. The molecular formula is C16H25N3O2. The van der Waals surface area contributed by atoms with Gasteiger partial charge in [0.25, 0.3) is 0 Å². The van der Waals surface area contributed by atoms with E-state index in [0.717, 1.165) is 50.5 Å². The zero-order valence-electron chi connectivity index (χ0n) is 12.9. The summed E-state index contributed by atoms with van der Waals surface area (Å²) in [4.78, 5) is 14.2. The summed E-state index contributed by atoms with van der Waals surface area (Å²) in [7, 11) is 0. The lowest BCUT2D eigenvalue weighted by molar-refractivity contribution is 0.0375. The van der Waals surface area contributed by atoms with Crippen molar-refractivity contribution in [3.63, 3.8) is 0 Å². The fourth-order valence-corrected chi connectivity index (χ4v) is 2.38. The maximum Gasteiger partial charge on any atom is 0.319 e. The Bertz CT molecular complexity index is 471. The fourth-order valence-electron chi connectivity index (χ4n) is 2.38. The molecule has 1 aliphatic heterocycles. The monoisotopic (exact) mass is 291 g/mol. The number of nitrogens with one attached hydrogen (secondary N) is 2. The van der Waals surface area contributed by atoms with Gasteiger partial charge in [0.05, 0.1) is 13.2 Å². The number of hydrogen-bond donors (Lipinski definition) is 2. The third-order valence-corrected chi connectivity index (χ3v) is 3.89. The van der Waals surface area contributed by atoms with Crippen LogP contribution in [0.1, 0.15) is 17.5 Å². The molecule has 5 nitrogen and oxygen atoms in total. The van der Waals surface area contributed by atoms with E-state index in [2.05, 4.69) is 15.5 Å². The van der Waals surface area contributed by atoms with Gasteiger partial charge in [-0.2, -0.15) is 0 Å². The van der Waals surface area contributed by atoms with E-state index in [1.54, 1.807) is 0 Å². The quantitative estimate of drug-likeness (QED) is 0.817. The van der Waals surface area contributed by atoms with Gasteiger partial charge in [-0.05, 0) is 44.0 Å². The van der Waals surface area contributed by atoms with Crippen LogP contribution in [0.5, 0.6) is 0 Å². The number of nitrogens with zero attached hydrogens (tertiary/aromatic N) is 1. The first-order valence-corrected chi connectivity index (χ1v) is 7.58. The number of rotatable bonds is 5. The second-order valence-corrected chi connectivity index (χ2v) is 5.44. The van der Waals surface area contributed by atoms with E-state index in [4.69, 9.17) is 4.74 Å². The first-order valence-electron chi connectivity index (χ1n) is 7.58. The van der Waals surface area contributed by atoms with Crippen LogP contribution >= 0.6 is 0 Å². The Morgan fingerprint density at radius 3 is 2.81 bits per heavy atom. The molecule has 0 saturated carbocycles. The highest BCUT2D eigenvalue weighted by Crippen LogP contribution is 2.17. The van der Waals surface area contributed by atoms with Crippen molar-refractivity contribution >= 4 is 11.7 Å². The van der Waals surface area contributed by atoms with Crippen LogP contribution in [0.25, 0.3) is 0 Å². The van der Waals surface area contributed by atoms with E-state index in [1.165, 1.54) is 5.56 Å². The second-order valence-electron chi connectivity index (χ2n) is 5.44. The molecule has 0 bridgehead atoms. The predicted octanol–water partition coefficient (Wildman–Crippen LogP) is 2.15. The summed E-state index contributed by atoms with van der Waals surface area (Å²) in [5, 5.41) is 5.82. The summed E-state index contributed by atoms with van der Waals surface area (Å²) in [6.07, 6.45) is 0.959. The van der Waals surface area contributed by atoms with Crippen LogP contribution in [0.15, 0.2) is 18.2 Å². The minimum absolute atomic E-state index is 0.134. The summed E-state index contributed by atoms with van der Waals surface area (Å²) >= 11 is 0. The van der Waals surface area contributed by atoms with Gasteiger partial charge in [0, 0.05) is 25.3 Å². The molecule has 21 heavy (non-hydrogen) atoms. The van der Waals surface area contributed by atoms with Gasteiger partial charge in [0.2, 0.25) is 0 Å². The Morgan fingerprint density at radius 1 is 1.29 bits per heavy atom. The Balaban J connectivity index is 1.66. The number of morpholine rings is 1. The van der Waals surface area contributed by atoms with Crippen molar-refractivity contribution in [2.75, 3.05) is 44.7 Å². The summed E-state index contributed by atoms with van der Waals surface area (Å²) in [5.41, 5.74) is 3.17. The average molecular weight is 291 g/mol. The van der Waals surface area contributed by atoms with E-state index >= 15 is 0 Å². The van der Waals surface area contributed by atoms with Gasteiger partial charge in [0.15, 0.2) is 0 Å². The Hall–Kier alpha value is -1.59. The smallest absolute Gasteiger partial charge is 0.319 e. The minimum atomic E-state index is -0.134. The zero-order valence-corrected chi connectivity index (χ0v) is 12.9. The number of carbonyl (C=O) groups is 1. The van der Waals surface area contributed by atoms with E-state index in [9.17, 15) is 4.79 Å². The predicted molar refractivity (Wildman–Crippen MR) is 84.8 cm³/mol. The lowest BCUT2D eigenvalue weighted by Gasteiger charge is -2.26. The van der Waals surface area contributed by atoms with Gasteiger partial charge in [-0.25, -0.2) is 4.79 Å². The summed E-state index contributed by atoms with van der Waals surface area (Å²) < 4.78 is 5.31. The molecule has 116 valence electrons. The van der Waals surface area contributed by atoms with Crippen molar-refractivity contribution in [1.29, 1.82) is 0 Å². The van der Waals surface area contributed by atoms with Crippen molar-refractivity contribution in [3.8, 4) is 0 Å². The molecule has 1 saturated heterocycles. The molecule has 0 atom stereocenters. The molecule has 1 fully saturated rings. The lowest BCUT2D eigenvalue weighted by Crippen LogP contribution is -2.38. The van der Waals surface area contributed by atoms with Crippen molar-refractivity contribution in [1.82, 2.24) is 10.2 Å². The Kier molecular flexibility index (Phi) is 6.02. The molecule has 1 aromatic carbocycles. The van der Waals surface area contributed by atoms with Crippen LogP contribution in [0.3, 0.4) is 0 Å². The lowest BCUT2D eigenvalue weighted by atomic mass is 10.1. The molecule has 1 aromatic rings. The van der Waals surface area contributed by atoms with E-state index in [1.807, 2.05) is 32.0 Å². The molecule has 2 N–H and O–H groups in total. The largest absolute Gasteiger partial charge is 0.379 e. The fraction of sp³-hybridized carbons (Fsp3) is 0.562. The van der Waals surface area contributed by atoms with Crippen LogP contribution in [-0.4, -0.2) is 50.3 Å². The highest BCUT2D eigenvalue weighted by molar-refractivity contribution is 5.90. The van der Waals surface area contributed by atoms with Crippen LogP contribution < -0.4 is 10.6 Å². The van der Waals surface area contributed by atoms with E-state index < -0.39 is 0 Å². The zero-order chi connectivity index (χ0) is 15.1. The van der Waals surface area contributed by atoms with Crippen molar-refractivity contribution in [2.45, 2.75) is 20.3 Å². The summed E-state index contributed by atoms with van der Waals surface area (Å²) in [6, 6.07) is 5.79. The number of urea groups is 1. The summed E-state index contributed by atoms with van der Waals surface area (Å²) in [5.74, 6) is 0. The van der Waals surface area contributed by atoms with E-state index in [-0.39, 0.29) is 6.03 Å². The molecule has 2 rings (SSSR count). The van der Waals surface area contributed by atoms with Crippen LogP contribution in [0.2, 0.25) is 0 Å². The molecule has 0 aliphatic carbocycles. The van der Waals surface area contributed by atoms with Crippen molar-refractivity contribution in [3.05, 3.63) is 29.3 Å². The van der Waals surface area contributed by atoms with Crippen LogP contribution in [-0.2, 0) is 4.74 Å². The minimum Gasteiger partial charge on any atom is -0.379 e. The third-order valence-electron chi connectivity index (χ3n) is 3.89. The second kappa shape index (κ2) is 8.00. The van der Waals surface area contributed by atoms with Gasteiger partial charge in [0.1, 0.15) is 0 Å². The van der Waals surface area contributed by atoms with Gasteiger partial charge in [-0.1, -0.05) is 12.1 Å². The number of carbonyl (C=O) groups excluding carboxylic acids is 1. The SMILES string of the molecule is Cc1cccc(NC(=O)NCCCN2CCOCC2)c1C. The topological polar surface area (TPSA) is 53.6 Å². The first-order chi connectivity index (χ1) is 10.2. The normalized spacial score (nSPS) is 15.7. The number of amides is 2. The number of benzene rings is 1. The number of hydrogen-bond acceptors (Lipinski definition) is 3. The molecular weight excluding hydrogens is 266 g/mol. The molecule has 0 unspecified atom stereocenters. The molecule has 5 heteroatoms. The highest BCUT2D eigenvalue weighted by Gasteiger charge is 2.10. The van der Waals surface area contributed by atoms with Crippen LogP contribution in [0, 0.1) is 13.8 Å². The first kappa shape index (κ1) is 15.8.